The van der Waals surface area contributed by atoms with Crippen molar-refractivity contribution < 1.29 is 19.7 Å². The molecule has 0 spiro atoms. The Morgan fingerprint density at radius 1 is 1.67 bits per heavy atom. The van der Waals surface area contributed by atoms with Gasteiger partial charge in [0, 0.05) is 19.2 Å². The average molecular weight is 214 g/mol. The molecule has 84 valence electrons. The highest BCUT2D eigenvalue weighted by atomic mass is 16.5. The molecular formula is C9H14N2O4. The standard InChI is InChI=1S/C9H14N2O4/c12-5-7-6(13)4-8(15-7)11-3-1-2-10-9(11)14/h1-2,6-8,12-13H,3-5H2,(H,10,14)/t6?,7-,8-/m1/s1. The van der Waals surface area contributed by atoms with Gasteiger partial charge in [0.1, 0.15) is 12.3 Å². The number of nitrogens with one attached hydrogen (secondary N) is 1. The fourth-order valence-electron chi connectivity index (χ4n) is 1.78. The van der Waals surface area contributed by atoms with Crippen LogP contribution < -0.4 is 5.32 Å². The summed E-state index contributed by atoms with van der Waals surface area (Å²) in [7, 11) is 0. The summed E-state index contributed by atoms with van der Waals surface area (Å²) in [6.45, 7) is 0.227. The van der Waals surface area contributed by atoms with Crippen molar-refractivity contribution in [2.75, 3.05) is 13.2 Å². The van der Waals surface area contributed by atoms with Crippen LogP contribution in [-0.2, 0) is 4.74 Å². The first-order valence-electron chi connectivity index (χ1n) is 4.89. The molecule has 1 fully saturated rings. The Balaban J connectivity index is 2.00. The van der Waals surface area contributed by atoms with Crippen LogP contribution in [0.25, 0.3) is 0 Å². The Labute approximate surface area is 87.1 Å². The lowest BCUT2D eigenvalue weighted by Crippen LogP contribution is -2.47. The molecule has 3 N–H and O–H groups in total. The van der Waals surface area contributed by atoms with Crippen molar-refractivity contribution in [2.45, 2.75) is 24.9 Å². The van der Waals surface area contributed by atoms with E-state index in [2.05, 4.69) is 5.32 Å². The second-order valence-corrected chi connectivity index (χ2v) is 3.62. The molecule has 2 aliphatic heterocycles. The molecule has 1 saturated heterocycles. The number of ether oxygens (including phenoxy) is 1. The number of urea groups is 1. The van der Waals surface area contributed by atoms with Crippen LogP contribution in [0, 0.1) is 0 Å². The molecule has 0 radical (unpaired) electrons. The largest absolute Gasteiger partial charge is 0.394 e. The Hall–Kier alpha value is -1.11. The van der Waals surface area contributed by atoms with Crippen LogP contribution in [0.3, 0.4) is 0 Å². The average Bonchev–Trinajstić information content (AvgIpc) is 2.60. The summed E-state index contributed by atoms with van der Waals surface area (Å²) in [5.74, 6) is 0. The van der Waals surface area contributed by atoms with Crippen LogP contribution in [0.5, 0.6) is 0 Å². The SMILES string of the molecule is O=C1NC=CCN1[C@H]1CC(O)[C@@H](CO)O1. The lowest BCUT2D eigenvalue weighted by Gasteiger charge is -2.29. The molecule has 2 aliphatic rings. The molecule has 3 atom stereocenters. The second kappa shape index (κ2) is 4.18. The third-order valence-electron chi connectivity index (χ3n) is 2.62. The highest BCUT2D eigenvalue weighted by Crippen LogP contribution is 2.23. The quantitative estimate of drug-likeness (QED) is 0.550. The van der Waals surface area contributed by atoms with E-state index in [9.17, 15) is 9.90 Å². The molecular weight excluding hydrogens is 200 g/mol. The molecule has 2 heterocycles. The zero-order valence-corrected chi connectivity index (χ0v) is 8.17. The van der Waals surface area contributed by atoms with Gasteiger partial charge >= 0.3 is 6.03 Å². The summed E-state index contributed by atoms with van der Waals surface area (Å²) >= 11 is 0. The fraction of sp³-hybridized carbons (Fsp3) is 0.667. The van der Waals surface area contributed by atoms with Gasteiger partial charge < -0.3 is 20.3 Å². The molecule has 6 nitrogen and oxygen atoms in total. The Bertz CT molecular complexity index is 281. The molecule has 15 heavy (non-hydrogen) atoms. The van der Waals surface area contributed by atoms with E-state index < -0.39 is 18.4 Å². The first-order valence-corrected chi connectivity index (χ1v) is 4.89. The number of aliphatic hydroxyl groups is 2. The van der Waals surface area contributed by atoms with Crippen LogP contribution in [0.15, 0.2) is 12.3 Å². The van der Waals surface area contributed by atoms with Crippen LogP contribution in [0.2, 0.25) is 0 Å². The minimum atomic E-state index is -0.710. The van der Waals surface area contributed by atoms with Crippen molar-refractivity contribution in [3.63, 3.8) is 0 Å². The van der Waals surface area contributed by atoms with E-state index in [1.54, 1.807) is 12.3 Å². The highest BCUT2D eigenvalue weighted by molar-refractivity contribution is 5.76. The van der Waals surface area contributed by atoms with Gasteiger partial charge in [0.05, 0.1) is 12.7 Å². The van der Waals surface area contributed by atoms with Crippen LogP contribution >= 0.6 is 0 Å². The zero-order chi connectivity index (χ0) is 10.8. The smallest absolute Gasteiger partial charge is 0.323 e. The summed E-state index contributed by atoms with van der Waals surface area (Å²) in [5.41, 5.74) is 0. The Morgan fingerprint density at radius 3 is 3.07 bits per heavy atom. The van der Waals surface area contributed by atoms with Crippen LogP contribution in [0.1, 0.15) is 6.42 Å². The minimum Gasteiger partial charge on any atom is -0.394 e. The molecule has 6 heteroatoms. The van der Waals surface area contributed by atoms with E-state index in [1.807, 2.05) is 0 Å². The summed E-state index contributed by atoms with van der Waals surface area (Å²) in [5, 5.41) is 21.0. The number of amides is 2. The minimum absolute atomic E-state index is 0.233. The summed E-state index contributed by atoms with van der Waals surface area (Å²) < 4.78 is 5.36. The molecule has 0 aromatic rings. The number of aliphatic hydroxyl groups excluding tert-OH is 2. The Morgan fingerprint density at radius 2 is 2.47 bits per heavy atom. The van der Waals surface area contributed by atoms with Gasteiger partial charge in [0.25, 0.3) is 0 Å². The van der Waals surface area contributed by atoms with Crippen molar-refractivity contribution in [3.05, 3.63) is 12.3 Å². The molecule has 0 aliphatic carbocycles. The first kappa shape index (κ1) is 10.4. The van der Waals surface area contributed by atoms with Crippen LogP contribution in [-0.4, -0.2) is 52.7 Å². The third kappa shape index (κ3) is 1.97. The number of nitrogens with zero attached hydrogens (tertiary/aromatic N) is 1. The molecule has 2 amide bonds. The van der Waals surface area contributed by atoms with Gasteiger partial charge in [-0.2, -0.15) is 0 Å². The van der Waals surface area contributed by atoms with Gasteiger partial charge in [-0.1, -0.05) is 0 Å². The number of rotatable bonds is 2. The monoisotopic (exact) mass is 214 g/mol. The predicted molar refractivity (Wildman–Crippen MR) is 50.7 cm³/mol. The van der Waals surface area contributed by atoms with Crippen LogP contribution in [0.4, 0.5) is 4.79 Å². The van der Waals surface area contributed by atoms with Crippen molar-refractivity contribution in [2.24, 2.45) is 0 Å². The maximum atomic E-state index is 11.4. The maximum Gasteiger partial charge on any atom is 0.323 e. The molecule has 0 saturated carbocycles. The lowest BCUT2D eigenvalue weighted by molar-refractivity contribution is -0.0619. The predicted octanol–water partition coefficient (Wildman–Crippen LogP) is -1.01. The number of hydrogen-bond donors (Lipinski definition) is 3. The van der Waals surface area contributed by atoms with Crippen molar-refractivity contribution >= 4 is 6.03 Å². The number of carbonyl (C=O) groups is 1. The number of hydrogen-bond acceptors (Lipinski definition) is 4. The van der Waals surface area contributed by atoms with E-state index >= 15 is 0 Å². The van der Waals surface area contributed by atoms with E-state index in [-0.39, 0.29) is 12.6 Å². The summed E-state index contributed by atoms with van der Waals surface area (Å²) in [6.07, 6.45) is 1.96. The molecule has 2 rings (SSSR count). The van der Waals surface area contributed by atoms with Crippen molar-refractivity contribution in [3.8, 4) is 0 Å². The Kier molecular flexibility index (Phi) is 2.90. The second-order valence-electron chi connectivity index (χ2n) is 3.62. The fourth-order valence-corrected chi connectivity index (χ4v) is 1.78. The van der Waals surface area contributed by atoms with E-state index in [0.29, 0.717) is 13.0 Å². The molecule has 1 unspecified atom stereocenters. The topological polar surface area (TPSA) is 82.0 Å². The van der Waals surface area contributed by atoms with E-state index in [0.717, 1.165) is 0 Å². The van der Waals surface area contributed by atoms with E-state index in [1.165, 1.54) is 4.90 Å². The van der Waals surface area contributed by atoms with Crippen molar-refractivity contribution in [1.82, 2.24) is 10.2 Å². The molecule has 0 aromatic heterocycles. The lowest BCUT2D eigenvalue weighted by atomic mass is 10.2. The molecule has 0 bridgehead atoms. The van der Waals surface area contributed by atoms with Gasteiger partial charge in [-0.3, -0.25) is 4.90 Å². The van der Waals surface area contributed by atoms with Gasteiger partial charge in [-0.05, 0) is 6.08 Å². The zero-order valence-electron chi connectivity index (χ0n) is 8.17. The van der Waals surface area contributed by atoms with Gasteiger partial charge in [0.15, 0.2) is 0 Å². The first-order chi connectivity index (χ1) is 7.22. The van der Waals surface area contributed by atoms with Gasteiger partial charge in [-0.15, -0.1) is 0 Å². The normalized spacial score (nSPS) is 35.7. The maximum absolute atomic E-state index is 11.4. The van der Waals surface area contributed by atoms with Gasteiger partial charge in [-0.25, -0.2) is 4.79 Å². The summed E-state index contributed by atoms with van der Waals surface area (Å²) in [4.78, 5) is 12.9. The van der Waals surface area contributed by atoms with Crippen molar-refractivity contribution in [1.29, 1.82) is 0 Å². The third-order valence-corrected chi connectivity index (χ3v) is 2.62. The molecule has 0 aromatic carbocycles. The van der Waals surface area contributed by atoms with E-state index in [4.69, 9.17) is 9.84 Å². The summed E-state index contributed by atoms with van der Waals surface area (Å²) in [6, 6.07) is -0.242. The number of carbonyl (C=O) groups excluding carboxylic acids is 1. The van der Waals surface area contributed by atoms with Gasteiger partial charge in [0.2, 0.25) is 0 Å². The highest BCUT2D eigenvalue weighted by Gasteiger charge is 2.38.